The summed E-state index contributed by atoms with van der Waals surface area (Å²) in [7, 11) is 0. The average Bonchev–Trinajstić information content (AvgIpc) is 2.40. The number of carbonyl (C=O) groups is 2. The summed E-state index contributed by atoms with van der Waals surface area (Å²) in [6.07, 6.45) is 0.750. The molecular weight excluding hydrogens is 346 g/mol. The molecule has 0 aromatic heterocycles. The Morgan fingerprint density at radius 3 is 2.45 bits per heavy atom. The molecule has 1 aromatic rings. The van der Waals surface area contributed by atoms with E-state index < -0.39 is 11.4 Å². The summed E-state index contributed by atoms with van der Waals surface area (Å²) in [6, 6.07) is 5.03. The fourth-order valence-electron chi connectivity index (χ4n) is 1.97. The predicted molar refractivity (Wildman–Crippen MR) is 83.0 cm³/mol. The Kier molecular flexibility index (Phi) is 6.02. The van der Waals surface area contributed by atoms with Crippen molar-refractivity contribution >= 4 is 45.1 Å². The number of halogens is 2. The zero-order valence-corrected chi connectivity index (χ0v) is 13.7. The number of anilines is 1. The molecule has 0 aliphatic carbocycles. The first-order valence-corrected chi connectivity index (χ1v) is 7.50. The number of rotatable bonds is 6. The third-order valence-electron chi connectivity index (χ3n) is 3.51. The van der Waals surface area contributed by atoms with Crippen LogP contribution in [0.25, 0.3) is 0 Å². The summed E-state index contributed by atoms with van der Waals surface area (Å²) >= 11 is 9.18. The van der Waals surface area contributed by atoms with E-state index in [2.05, 4.69) is 21.2 Å². The van der Waals surface area contributed by atoms with Gasteiger partial charge in [-0.25, -0.2) is 0 Å². The lowest BCUT2D eigenvalue weighted by molar-refractivity contribution is -0.151. The van der Waals surface area contributed by atoms with Gasteiger partial charge in [-0.05, 0) is 47.0 Å². The third-order valence-corrected chi connectivity index (χ3v) is 4.44. The van der Waals surface area contributed by atoms with Crippen LogP contribution in [0.5, 0.6) is 0 Å². The van der Waals surface area contributed by atoms with Gasteiger partial charge in [0.25, 0.3) is 0 Å². The molecule has 110 valence electrons. The van der Waals surface area contributed by atoms with E-state index in [0.29, 0.717) is 28.0 Å². The molecule has 0 unspecified atom stereocenters. The van der Waals surface area contributed by atoms with Crippen LogP contribution in [0.15, 0.2) is 22.7 Å². The van der Waals surface area contributed by atoms with Gasteiger partial charge in [-0.15, -0.1) is 0 Å². The number of carboxylic acids is 1. The van der Waals surface area contributed by atoms with E-state index in [1.165, 1.54) is 0 Å². The van der Waals surface area contributed by atoms with Crippen molar-refractivity contribution in [1.82, 2.24) is 0 Å². The Morgan fingerprint density at radius 1 is 1.35 bits per heavy atom. The highest BCUT2D eigenvalue weighted by molar-refractivity contribution is 9.10. The van der Waals surface area contributed by atoms with Crippen molar-refractivity contribution in [3.8, 4) is 0 Å². The number of nitrogens with one attached hydrogen (secondary N) is 1. The molecule has 0 spiro atoms. The van der Waals surface area contributed by atoms with Gasteiger partial charge in [-0.2, -0.15) is 0 Å². The van der Waals surface area contributed by atoms with Crippen LogP contribution in [0.4, 0.5) is 5.69 Å². The van der Waals surface area contributed by atoms with Gasteiger partial charge >= 0.3 is 5.97 Å². The van der Waals surface area contributed by atoms with E-state index in [4.69, 9.17) is 11.6 Å². The Morgan fingerprint density at radius 2 is 1.95 bits per heavy atom. The van der Waals surface area contributed by atoms with Gasteiger partial charge < -0.3 is 10.4 Å². The maximum atomic E-state index is 12.1. The quantitative estimate of drug-likeness (QED) is 0.792. The second-order valence-electron chi connectivity index (χ2n) is 4.64. The standard InChI is InChI=1S/C14H17BrClNO3/c1-3-14(4-2,13(19)20)8-12(18)17-11-7-9(16)5-6-10(11)15/h5-7H,3-4,8H2,1-2H3,(H,17,18)(H,19,20). The van der Waals surface area contributed by atoms with E-state index in [0.717, 1.165) is 0 Å². The number of hydrogen-bond donors (Lipinski definition) is 2. The lowest BCUT2D eigenvalue weighted by Crippen LogP contribution is -2.34. The molecule has 2 N–H and O–H groups in total. The van der Waals surface area contributed by atoms with Gasteiger partial charge in [-0.1, -0.05) is 25.4 Å². The van der Waals surface area contributed by atoms with Gasteiger partial charge in [0.2, 0.25) is 5.91 Å². The summed E-state index contributed by atoms with van der Waals surface area (Å²) in [5.41, 5.74) is -0.483. The smallest absolute Gasteiger partial charge is 0.310 e. The molecule has 0 heterocycles. The third kappa shape index (κ3) is 3.96. The molecule has 4 nitrogen and oxygen atoms in total. The summed E-state index contributed by atoms with van der Waals surface area (Å²) in [6.45, 7) is 3.56. The van der Waals surface area contributed by atoms with Crippen molar-refractivity contribution < 1.29 is 14.7 Å². The van der Waals surface area contributed by atoms with Crippen molar-refractivity contribution in [2.75, 3.05) is 5.32 Å². The van der Waals surface area contributed by atoms with Crippen molar-refractivity contribution in [3.63, 3.8) is 0 Å². The number of benzene rings is 1. The molecule has 1 amide bonds. The lowest BCUT2D eigenvalue weighted by atomic mass is 9.79. The molecule has 20 heavy (non-hydrogen) atoms. The van der Waals surface area contributed by atoms with E-state index in [9.17, 15) is 14.7 Å². The zero-order valence-electron chi connectivity index (χ0n) is 11.4. The fraction of sp³-hybridized carbons (Fsp3) is 0.429. The lowest BCUT2D eigenvalue weighted by Gasteiger charge is -2.25. The molecule has 0 radical (unpaired) electrons. The van der Waals surface area contributed by atoms with Crippen LogP contribution in [-0.4, -0.2) is 17.0 Å². The van der Waals surface area contributed by atoms with Gasteiger partial charge in [0.15, 0.2) is 0 Å². The van der Waals surface area contributed by atoms with Crippen LogP contribution in [-0.2, 0) is 9.59 Å². The Labute approximate surface area is 131 Å². The molecule has 1 aromatic carbocycles. The first kappa shape index (κ1) is 17.0. The van der Waals surface area contributed by atoms with Crippen molar-refractivity contribution in [2.24, 2.45) is 5.41 Å². The maximum absolute atomic E-state index is 12.1. The highest BCUT2D eigenvalue weighted by Crippen LogP contribution is 2.32. The highest BCUT2D eigenvalue weighted by Gasteiger charge is 2.37. The molecule has 1 rings (SSSR count). The number of carbonyl (C=O) groups excluding carboxylic acids is 1. The second kappa shape index (κ2) is 7.09. The molecule has 0 saturated carbocycles. The van der Waals surface area contributed by atoms with Crippen LogP contribution in [0.3, 0.4) is 0 Å². The van der Waals surface area contributed by atoms with E-state index in [-0.39, 0.29) is 12.3 Å². The fourth-order valence-corrected chi connectivity index (χ4v) is 2.49. The molecule has 0 aliphatic rings. The van der Waals surface area contributed by atoms with Gasteiger partial charge in [0.05, 0.1) is 11.1 Å². The number of hydrogen-bond acceptors (Lipinski definition) is 2. The minimum Gasteiger partial charge on any atom is -0.481 e. The summed E-state index contributed by atoms with van der Waals surface area (Å²) in [5.74, 6) is -1.28. The topological polar surface area (TPSA) is 66.4 Å². The van der Waals surface area contributed by atoms with Crippen molar-refractivity contribution in [2.45, 2.75) is 33.1 Å². The van der Waals surface area contributed by atoms with Crippen molar-refractivity contribution in [3.05, 3.63) is 27.7 Å². The molecule has 0 fully saturated rings. The van der Waals surface area contributed by atoms with Crippen LogP contribution >= 0.6 is 27.5 Å². The number of aliphatic carboxylic acids is 1. The average molecular weight is 363 g/mol. The highest BCUT2D eigenvalue weighted by atomic mass is 79.9. The van der Waals surface area contributed by atoms with E-state index in [1.54, 1.807) is 32.0 Å². The zero-order chi connectivity index (χ0) is 15.3. The molecule has 0 atom stereocenters. The van der Waals surface area contributed by atoms with Crippen LogP contribution < -0.4 is 5.32 Å². The first-order valence-electron chi connectivity index (χ1n) is 6.33. The molecular formula is C14H17BrClNO3. The van der Waals surface area contributed by atoms with Gasteiger partial charge in [0, 0.05) is 15.9 Å². The van der Waals surface area contributed by atoms with Gasteiger partial charge in [0.1, 0.15) is 0 Å². The summed E-state index contributed by atoms with van der Waals surface area (Å²) < 4.78 is 0.698. The predicted octanol–water partition coefficient (Wildman–Crippen LogP) is 4.32. The van der Waals surface area contributed by atoms with Crippen LogP contribution in [0.1, 0.15) is 33.1 Å². The summed E-state index contributed by atoms with van der Waals surface area (Å²) in [4.78, 5) is 23.5. The number of amides is 1. The van der Waals surface area contributed by atoms with Gasteiger partial charge in [-0.3, -0.25) is 9.59 Å². The van der Waals surface area contributed by atoms with E-state index >= 15 is 0 Å². The Bertz CT molecular complexity index is 515. The Balaban J connectivity index is 2.86. The molecule has 6 heteroatoms. The van der Waals surface area contributed by atoms with Crippen LogP contribution in [0.2, 0.25) is 5.02 Å². The second-order valence-corrected chi connectivity index (χ2v) is 5.93. The molecule has 0 aliphatic heterocycles. The van der Waals surface area contributed by atoms with E-state index in [1.807, 2.05) is 0 Å². The molecule has 0 saturated heterocycles. The monoisotopic (exact) mass is 361 g/mol. The maximum Gasteiger partial charge on any atom is 0.310 e. The number of carboxylic acid groups (broad SMARTS) is 1. The normalized spacial score (nSPS) is 11.2. The Hall–Kier alpha value is -1.07. The molecule has 0 bridgehead atoms. The van der Waals surface area contributed by atoms with Crippen molar-refractivity contribution in [1.29, 1.82) is 0 Å². The SMILES string of the molecule is CCC(CC)(CC(=O)Nc1cc(Cl)ccc1Br)C(=O)O. The minimum atomic E-state index is -1.02. The minimum absolute atomic E-state index is 0.0612. The largest absolute Gasteiger partial charge is 0.481 e. The first-order chi connectivity index (χ1) is 9.34. The van der Waals surface area contributed by atoms with Crippen LogP contribution in [0, 0.1) is 5.41 Å². The summed E-state index contributed by atoms with van der Waals surface area (Å²) in [5, 5.41) is 12.5.